The summed E-state index contributed by atoms with van der Waals surface area (Å²) in [5.74, 6) is 0. The van der Waals surface area contributed by atoms with E-state index in [0.717, 1.165) is 0 Å². The summed E-state index contributed by atoms with van der Waals surface area (Å²) in [6, 6.07) is 10.8. The molecule has 3 rings (SSSR count). The van der Waals surface area contributed by atoms with Crippen LogP contribution in [0.25, 0.3) is 0 Å². The molecular weight excluding hydrogens is 196 g/mol. The van der Waals surface area contributed by atoms with Crippen molar-refractivity contribution in [1.29, 1.82) is 0 Å². The topological polar surface area (TPSA) is 15.3 Å². The average Bonchev–Trinajstić information content (AvgIpc) is 2.75. The van der Waals surface area contributed by atoms with Gasteiger partial charge in [-0.2, -0.15) is 0 Å². The molecule has 2 aliphatic heterocycles. The van der Waals surface area contributed by atoms with E-state index in [1.165, 1.54) is 51.1 Å². The Kier molecular flexibility index (Phi) is 2.70. The summed E-state index contributed by atoms with van der Waals surface area (Å²) in [6.45, 7) is 6.33. The molecule has 2 heterocycles. The van der Waals surface area contributed by atoms with Crippen molar-refractivity contribution in [3.63, 3.8) is 0 Å². The lowest BCUT2D eigenvalue weighted by Gasteiger charge is -2.48. The maximum Gasteiger partial charge on any atom is 0.00943 e. The van der Waals surface area contributed by atoms with E-state index in [4.69, 9.17) is 0 Å². The summed E-state index contributed by atoms with van der Waals surface area (Å²) in [5, 5.41) is 3.48. The number of nitrogens with zero attached hydrogens (tertiary/aromatic N) is 1. The maximum atomic E-state index is 3.48. The van der Waals surface area contributed by atoms with Gasteiger partial charge >= 0.3 is 0 Å². The molecule has 0 aliphatic carbocycles. The van der Waals surface area contributed by atoms with Crippen molar-refractivity contribution in [2.24, 2.45) is 5.41 Å². The molecule has 0 saturated carbocycles. The van der Waals surface area contributed by atoms with E-state index in [0.29, 0.717) is 5.41 Å². The van der Waals surface area contributed by atoms with Gasteiger partial charge < -0.3 is 10.2 Å². The molecule has 2 heteroatoms. The van der Waals surface area contributed by atoms with Gasteiger partial charge in [0.15, 0.2) is 0 Å². The predicted molar refractivity (Wildman–Crippen MR) is 66.5 cm³/mol. The highest BCUT2D eigenvalue weighted by molar-refractivity contribution is 5.15. The standard InChI is InChI=1S/C14H20N2/c1-2-4-13(5-3-1)6-9-16-11-14(12-16)7-8-15-10-14/h1-5,15H,6-12H2. The highest BCUT2D eigenvalue weighted by atomic mass is 15.2. The summed E-state index contributed by atoms with van der Waals surface area (Å²) in [7, 11) is 0. The zero-order valence-electron chi connectivity index (χ0n) is 9.78. The van der Waals surface area contributed by atoms with Crippen LogP contribution >= 0.6 is 0 Å². The van der Waals surface area contributed by atoms with E-state index in [-0.39, 0.29) is 0 Å². The highest BCUT2D eigenvalue weighted by Gasteiger charge is 2.44. The Morgan fingerprint density at radius 2 is 2.00 bits per heavy atom. The molecule has 1 N–H and O–H groups in total. The Morgan fingerprint density at radius 3 is 2.69 bits per heavy atom. The van der Waals surface area contributed by atoms with Crippen molar-refractivity contribution < 1.29 is 0 Å². The van der Waals surface area contributed by atoms with Crippen LogP contribution in [0.1, 0.15) is 12.0 Å². The number of rotatable bonds is 3. The van der Waals surface area contributed by atoms with Gasteiger partial charge in [0.05, 0.1) is 0 Å². The zero-order valence-corrected chi connectivity index (χ0v) is 9.78. The third-order valence-electron chi connectivity index (χ3n) is 4.01. The van der Waals surface area contributed by atoms with Crippen LogP contribution in [0, 0.1) is 5.41 Å². The first kappa shape index (κ1) is 10.3. The fourth-order valence-electron chi connectivity index (χ4n) is 3.06. The molecule has 1 aromatic carbocycles. The molecule has 0 radical (unpaired) electrons. The van der Waals surface area contributed by atoms with E-state index in [2.05, 4.69) is 40.5 Å². The Bertz CT molecular complexity index is 333. The molecule has 0 bridgehead atoms. The first-order valence-electron chi connectivity index (χ1n) is 6.33. The molecule has 2 fully saturated rings. The second-order valence-corrected chi connectivity index (χ2v) is 5.37. The van der Waals surface area contributed by atoms with Crippen LogP contribution in [0.2, 0.25) is 0 Å². The van der Waals surface area contributed by atoms with Gasteiger partial charge in [0, 0.05) is 31.6 Å². The van der Waals surface area contributed by atoms with Gasteiger partial charge in [-0.05, 0) is 24.9 Å². The monoisotopic (exact) mass is 216 g/mol. The van der Waals surface area contributed by atoms with Crippen LogP contribution in [-0.2, 0) is 6.42 Å². The third-order valence-corrected chi connectivity index (χ3v) is 4.01. The van der Waals surface area contributed by atoms with Crippen LogP contribution in [0.4, 0.5) is 0 Å². The van der Waals surface area contributed by atoms with Crippen molar-refractivity contribution in [2.45, 2.75) is 12.8 Å². The Balaban J connectivity index is 1.45. The smallest absolute Gasteiger partial charge is 0.00943 e. The lowest BCUT2D eigenvalue weighted by Crippen LogP contribution is -2.57. The van der Waals surface area contributed by atoms with Crippen LogP contribution in [-0.4, -0.2) is 37.6 Å². The minimum Gasteiger partial charge on any atom is -0.316 e. The van der Waals surface area contributed by atoms with Crippen LogP contribution in [0.5, 0.6) is 0 Å². The fourth-order valence-corrected chi connectivity index (χ4v) is 3.06. The molecule has 2 nitrogen and oxygen atoms in total. The molecular formula is C14H20N2. The van der Waals surface area contributed by atoms with Gasteiger partial charge in [-0.3, -0.25) is 0 Å². The zero-order chi connectivity index (χ0) is 10.8. The molecule has 1 spiro atoms. The van der Waals surface area contributed by atoms with Gasteiger partial charge in [0.2, 0.25) is 0 Å². The first-order valence-corrected chi connectivity index (χ1v) is 6.33. The average molecular weight is 216 g/mol. The minimum absolute atomic E-state index is 0.649. The number of benzene rings is 1. The molecule has 86 valence electrons. The van der Waals surface area contributed by atoms with Gasteiger partial charge in [0.1, 0.15) is 0 Å². The summed E-state index contributed by atoms with van der Waals surface area (Å²) in [5.41, 5.74) is 2.12. The molecule has 0 aromatic heterocycles. The van der Waals surface area contributed by atoms with Gasteiger partial charge in [-0.25, -0.2) is 0 Å². The molecule has 1 aromatic rings. The van der Waals surface area contributed by atoms with E-state index >= 15 is 0 Å². The minimum atomic E-state index is 0.649. The number of hydrogen-bond donors (Lipinski definition) is 1. The first-order chi connectivity index (χ1) is 7.86. The lowest BCUT2D eigenvalue weighted by molar-refractivity contribution is 0.0182. The third kappa shape index (κ3) is 2.00. The number of hydrogen-bond acceptors (Lipinski definition) is 2. The van der Waals surface area contributed by atoms with E-state index in [1.807, 2.05) is 0 Å². The van der Waals surface area contributed by atoms with E-state index < -0.39 is 0 Å². The molecule has 2 saturated heterocycles. The highest BCUT2D eigenvalue weighted by Crippen LogP contribution is 2.35. The molecule has 16 heavy (non-hydrogen) atoms. The fraction of sp³-hybridized carbons (Fsp3) is 0.571. The molecule has 0 atom stereocenters. The van der Waals surface area contributed by atoms with Crippen LogP contribution < -0.4 is 5.32 Å². The van der Waals surface area contributed by atoms with Gasteiger partial charge in [-0.15, -0.1) is 0 Å². The quantitative estimate of drug-likeness (QED) is 0.824. The van der Waals surface area contributed by atoms with E-state index in [1.54, 1.807) is 0 Å². The van der Waals surface area contributed by atoms with Crippen LogP contribution in [0.15, 0.2) is 30.3 Å². The number of likely N-dealkylation sites (tertiary alicyclic amines) is 1. The number of nitrogens with one attached hydrogen (secondary N) is 1. The maximum absolute atomic E-state index is 3.48. The van der Waals surface area contributed by atoms with Gasteiger partial charge in [0.25, 0.3) is 0 Å². The Labute approximate surface area is 97.6 Å². The second-order valence-electron chi connectivity index (χ2n) is 5.37. The summed E-state index contributed by atoms with van der Waals surface area (Å²) < 4.78 is 0. The Hall–Kier alpha value is -0.860. The van der Waals surface area contributed by atoms with Crippen LogP contribution in [0.3, 0.4) is 0 Å². The Morgan fingerprint density at radius 1 is 1.19 bits per heavy atom. The largest absolute Gasteiger partial charge is 0.316 e. The molecule has 2 aliphatic rings. The van der Waals surface area contributed by atoms with Crippen molar-refractivity contribution in [3.8, 4) is 0 Å². The SMILES string of the molecule is c1ccc(CCN2CC3(CCNC3)C2)cc1. The van der Waals surface area contributed by atoms with E-state index in [9.17, 15) is 0 Å². The van der Waals surface area contributed by atoms with Crippen molar-refractivity contribution in [3.05, 3.63) is 35.9 Å². The summed E-state index contributed by atoms with van der Waals surface area (Å²) in [4.78, 5) is 2.60. The lowest BCUT2D eigenvalue weighted by atomic mass is 9.79. The van der Waals surface area contributed by atoms with Crippen molar-refractivity contribution in [1.82, 2.24) is 10.2 Å². The normalized spacial score (nSPS) is 23.5. The van der Waals surface area contributed by atoms with Crippen molar-refractivity contribution >= 4 is 0 Å². The van der Waals surface area contributed by atoms with Crippen molar-refractivity contribution in [2.75, 3.05) is 32.7 Å². The predicted octanol–water partition coefficient (Wildman–Crippen LogP) is 1.52. The molecule has 0 unspecified atom stereocenters. The van der Waals surface area contributed by atoms with Gasteiger partial charge in [-0.1, -0.05) is 30.3 Å². The second kappa shape index (κ2) is 4.19. The molecule has 0 amide bonds. The summed E-state index contributed by atoms with van der Waals surface area (Å²) in [6.07, 6.45) is 2.58. The summed E-state index contributed by atoms with van der Waals surface area (Å²) >= 11 is 0.